The van der Waals surface area contributed by atoms with E-state index in [1.807, 2.05) is 0 Å². The van der Waals surface area contributed by atoms with Crippen LogP contribution in [0, 0.1) is 0 Å². The van der Waals surface area contributed by atoms with Crippen LogP contribution in [0.1, 0.15) is 42.1 Å². The van der Waals surface area contributed by atoms with Gasteiger partial charge in [-0.15, -0.1) is 0 Å². The Morgan fingerprint density at radius 2 is 1.76 bits per heavy atom. The molecule has 0 bridgehead atoms. The van der Waals surface area contributed by atoms with Crippen LogP contribution in [0.5, 0.6) is 11.5 Å². The van der Waals surface area contributed by atoms with E-state index in [0.717, 1.165) is 51.0 Å². The van der Waals surface area contributed by atoms with Crippen molar-refractivity contribution in [1.29, 1.82) is 0 Å². The van der Waals surface area contributed by atoms with E-state index in [2.05, 4.69) is 17.1 Å². The van der Waals surface area contributed by atoms with Gasteiger partial charge in [0.1, 0.15) is 11.5 Å². The number of nitrogens with zero attached hydrogens (tertiary/aromatic N) is 1. The highest BCUT2D eigenvalue weighted by molar-refractivity contribution is 5.94. The summed E-state index contributed by atoms with van der Waals surface area (Å²) in [6, 6.07) is 11.3. The minimum atomic E-state index is -4.44. The number of rotatable bonds is 6. The van der Waals surface area contributed by atoms with Crippen LogP contribution in [0.4, 0.5) is 13.2 Å². The number of alkyl halides is 3. The van der Waals surface area contributed by atoms with Crippen LogP contribution in [0.15, 0.2) is 48.5 Å². The fraction of sp³-hybridized carbons (Fsp3) is 0.409. The second-order valence-corrected chi connectivity index (χ2v) is 7.24. The number of carbonyl (C=O) groups excluding carboxylic acids is 1. The summed E-state index contributed by atoms with van der Waals surface area (Å²) < 4.78 is 44.1. The summed E-state index contributed by atoms with van der Waals surface area (Å²) >= 11 is 0. The van der Waals surface area contributed by atoms with Crippen LogP contribution in [-0.4, -0.2) is 36.5 Å². The third-order valence-electron chi connectivity index (χ3n) is 4.96. The Bertz CT molecular complexity index is 831. The lowest BCUT2D eigenvalue weighted by molar-refractivity contribution is -0.137. The Morgan fingerprint density at radius 1 is 1.10 bits per heavy atom. The molecule has 2 aromatic rings. The van der Waals surface area contributed by atoms with Crippen LogP contribution >= 0.6 is 0 Å². The molecule has 3 rings (SSSR count). The summed E-state index contributed by atoms with van der Waals surface area (Å²) in [6.07, 6.45) is -1.50. The van der Waals surface area contributed by atoms with E-state index in [4.69, 9.17) is 4.74 Å². The minimum absolute atomic E-state index is 0.0701. The van der Waals surface area contributed by atoms with Gasteiger partial charge in [-0.1, -0.05) is 19.1 Å². The number of piperidine rings is 1. The first-order valence-electron chi connectivity index (χ1n) is 9.83. The lowest BCUT2D eigenvalue weighted by atomic mass is 10.0. The van der Waals surface area contributed by atoms with Gasteiger partial charge >= 0.3 is 6.18 Å². The fourth-order valence-corrected chi connectivity index (χ4v) is 3.46. The number of amides is 1. The number of carbonyl (C=O) groups is 1. The van der Waals surface area contributed by atoms with E-state index in [1.54, 1.807) is 24.3 Å². The second-order valence-electron chi connectivity index (χ2n) is 7.24. The predicted molar refractivity (Wildman–Crippen MR) is 105 cm³/mol. The third-order valence-corrected chi connectivity index (χ3v) is 4.96. The summed E-state index contributed by atoms with van der Waals surface area (Å²) in [5, 5.41) is 3.05. The molecule has 0 saturated carbocycles. The van der Waals surface area contributed by atoms with Crippen molar-refractivity contribution in [2.75, 3.05) is 19.6 Å². The van der Waals surface area contributed by atoms with Crippen LogP contribution < -0.4 is 10.1 Å². The zero-order valence-electron chi connectivity index (χ0n) is 16.3. The van der Waals surface area contributed by atoms with Crippen molar-refractivity contribution in [3.63, 3.8) is 0 Å². The SMILES string of the molecule is CCCN1CCC(NC(=O)c2cccc(Oc3cccc(C(F)(F)F)c3)c2)CC1. The topological polar surface area (TPSA) is 41.6 Å². The van der Waals surface area contributed by atoms with Gasteiger partial charge in [0.2, 0.25) is 0 Å². The van der Waals surface area contributed by atoms with Crippen molar-refractivity contribution in [1.82, 2.24) is 10.2 Å². The van der Waals surface area contributed by atoms with Gasteiger partial charge in [0.05, 0.1) is 5.56 Å². The molecule has 2 aromatic carbocycles. The van der Waals surface area contributed by atoms with E-state index >= 15 is 0 Å². The molecule has 1 heterocycles. The number of likely N-dealkylation sites (tertiary alicyclic amines) is 1. The number of nitrogens with one attached hydrogen (secondary N) is 1. The highest BCUT2D eigenvalue weighted by atomic mass is 19.4. The fourth-order valence-electron chi connectivity index (χ4n) is 3.46. The van der Waals surface area contributed by atoms with Gasteiger partial charge in [-0.2, -0.15) is 13.2 Å². The Balaban J connectivity index is 1.62. The van der Waals surface area contributed by atoms with Gasteiger partial charge < -0.3 is 15.0 Å². The highest BCUT2D eigenvalue weighted by Crippen LogP contribution is 2.32. The van der Waals surface area contributed by atoms with E-state index in [0.29, 0.717) is 11.3 Å². The van der Waals surface area contributed by atoms with Crippen LogP contribution in [0.25, 0.3) is 0 Å². The lowest BCUT2D eigenvalue weighted by Gasteiger charge is -2.32. The second kappa shape index (κ2) is 9.31. The molecule has 0 unspecified atom stereocenters. The summed E-state index contributed by atoms with van der Waals surface area (Å²) in [6.45, 7) is 5.17. The number of halogens is 3. The van der Waals surface area contributed by atoms with E-state index < -0.39 is 11.7 Å². The Morgan fingerprint density at radius 3 is 2.41 bits per heavy atom. The van der Waals surface area contributed by atoms with Crippen molar-refractivity contribution in [2.45, 2.75) is 38.4 Å². The van der Waals surface area contributed by atoms with Gasteiger partial charge in [-0.05, 0) is 62.2 Å². The Labute approximate surface area is 168 Å². The Hall–Kier alpha value is -2.54. The first-order chi connectivity index (χ1) is 13.8. The molecule has 1 aliphatic rings. The molecule has 1 N–H and O–H groups in total. The van der Waals surface area contributed by atoms with Crippen LogP contribution in [0.3, 0.4) is 0 Å². The molecule has 1 aliphatic heterocycles. The van der Waals surface area contributed by atoms with E-state index in [1.165, 1.54) is 12.1 Å². The number of hydrogen-bond acceptors (Lipinski definition) is 3. The molecule has 29 heavy (non-hydrogen) atoms. The van der Waals surface area contributed by atoms with Gasteiger partial charge in [-0.3, -0.25) is 4.79 Å². The summed E-state index contributed by atoms with van der Waals surface area (Å²) in [5.41, 5.74) is -0.358. The van der Waals surface area contributed by atoms with Crippen molar-refractivity contribution in [3.05, 3.63) is 59.7 Å². The molecule has 0 radical (unpaired) electrons. The lowest BCUT2D eigenvalue weighted by Crippen LogP contribution is -2.44. The van der Waals surface area contributed by atoms with Crippen molar-refractivity contribution < 1.29 is 22.7 Å². The standard InChI is InChI=1S/C22H25F3N2O2/c1-2-11-27-12-9-18(10-13-27)26-21(28)16-5-3-7-19(14-16)29-20-8-4-6-17(15-20)22(23,24)25/h3-8,14-15,18H,2,9-13H2,1H3,(H,26,28). The monoisotopic (exact) mass is 406 g/mol. The molecule has 1 amide bonds. The molecule has 1 saturated heterocycles. The zero-order valence-corrected chi connectivity index (χ0v) is 16.3. The third kappa shape index (κ3) is 5.97. The predicted octanol–water partition coefficient (Wildman–Crippen LogP) is 5.10. The molecule has 0 spiro atoms. The number of ether oxygens (including phenoxy) is 1. The zero-order chi connectivity index (χ0) is 20.9. The molecule has 7 heteroatoms. The molecular formula is C22H25F3N2O2. The highest BCUT2D eigenvalue weighted by Gasteiger charge is 2.30. The smallest absolute Gasteiger partial charge is 0.416 e. The minimum Gasteiger partial charge on any atom is -0.457 e. The van der Waals surface area contributed by atoms with Crippen molar-refractivity contribution in [3.8, 4) is 11.5 Å². The molecule has 1 fully saturated rings. The van der Waals surface area contributed by atoms with Gasteiger partial charge in [0, 0.05) is 24.7 Å². The maximum atomic E-state index is 12.9. The number of hydrogen-bond donors (Lipinski definition) is 1. The Kier molecular flexibility index (Phi) is 6.79. The largest absolute Gasteiger partial charge is 0.457 e. The van der Waals surface area contributed by atoms with Crippen molar-refractivity contribution >= 4 is 5.91 Å². The maximum absolute atomic E-state index is 12.9. The summed E-state index contributed by atoms with van der Waals surface area (Å²) in [7, 11) is 0. The summed E-state index contributed by atoms with van der Waals surface area (Å²) in [4.78, 5) is 15.0. The maximum Gasteiger partial charge on any atom is 0.416 e. The number of benzene rings is 2. The first-order valence-corrected chi connectivity index (χ1v) is 9.83. The van der Waals surface area contributed by atoms with Crippen LogP contribution in [-0.2, 0) is 6.18 Å². The quantitative estimate of drug-likeness (QED) is 0.726. The van der Waals surface area contributed by atoms with Gasteiger partial charge in [0.15, 0.2) is 0 Å². The van der Waals surface area contributed by atoms with Crippen LogP contribution in [0.2, 0.25) is 0 Å². The van der Waals surface area contributed by atoms with E-state index in [9.17, 15) is 18.0 Å². The molecule has 4 nitrogen and oxygen atoms in total. The average molecular weight is 406 g/mol. The summed E-state index contributed by atoms with van der Waals surface area (Å²) in [5.74, 6) is 0.184. The van der Waals surface area contributed by atoms with Gasteiger partial charge in [-0.25, -0.2) is 0 Å². The molecule has 156 valence electrons. The molecule has 0 aliphatic carbocycles. The molecular weight excluding hydrogens is 381 g/mol. The van der Waals surface area contributed by atoms with Gasteiger partial charge in [0.25, 0.3) is 5.91 Å². The first kappa shape index (κ1) is 21.2. The normalized spacial score (nSPS) is 15.9. The van der Waals surface area contributed by atoms with E-state index in [-0.39, 0.29) is 17.7 Å². The molecule has 0 atom stereocenters. The average Bonchev–Trinajstić information content (AvgIpc) is 2.69. The molecule has 0 aromatic heterocycles. The van der Waals surface area contributed by atoms with Crippen molar-refractivity contribution in [2.24, 2.45) is 0 Å².